The van der Waals surface area contributed by atoms with Crippen molar-refractivity contribution in [2.24, 2.45) is 4.99 Å². The van der Waals surface area contributed by atoms with Gasteiger partial charge in [0.1, 0.15) is 5.75 Å². The lowest BCUT2D eigenvalue weighted by atomic mass is 10.2. The van der Waals surface area contributed by atoms with Crippen molar-refractivity contribution in [1.29, 1.82) is 0 Å². The Balaban J connectivity index is 0.00000420. The number of nitrogens with zero attached hydrogens (tertiary/aromatic N) is 3. The molecule has 1 fully saturated rings. The summed E-state index contributed by atoms with van der Waals surface area (Å²) in [4.78, 5) is 9.38. The number of aliphatic imine (C=N–C) groups is 1. The van der Waals surface area contributed by atoms with E-state index >= 15 is 0 Å². The van der Waals surface area contributed by atoms with E-state index in [9.17, 15) is 8.78 Å². The summed E-state index contributed by atoms with van der Waals surface area (Å²) in [5, 5.41) is 6.51. The highest BCUT2D eigenvalue weighted by atomic mass is 127. The number of unbranched alkanes of at least 4 members (excludes halogenated alkanes) is 1. The zero-order valence-corrected chi connectivity index (χ0v) is 19.7. The van der Waals surface area contributed by atoms with Crippen molar-refractivity contribution in [1.82, 2.24) is 20.4 Å². The molecule has 0 aromatic heterocycles. The van der Waals surface area contributed by atoms with Crippen molar-refractivity contribution in [3.8, 4) is 5.75 Å². The van der Waals surface area contributed by atoms with E-state index in [1.807, 2.05) is 6.92 Å². The molecule has 1 saturated heterocycles. The van der Waals surface area contributed by atoms with Gasteiger partial charge in [-0.1, -0.05) is 18.2 Å². The maximum atomic E-state index is 12.5. The van der Waals surface area contributed by atoms with Gasteiger partial charge in [-0.3, -0.25) is 0 Å². The molecule has 0 bridgehead atoms. The Hall–Kier alpha value is -1.20. The second-order valence-corrected chi connectivity index (χ2v) is 6.96. The molecule has 1 aliphatic rings. The molecular weight excluding hydrogens is 491 g/mol. The van der Waals surface area contributed by atoms with Gasteiger partial charge in [0.15, 0.2) is 5.96 Å². The molecule has 1 heterocycles. The van der Waals surface area contributed by atoms with Crippen LogP contribution in [0.25, 0.3) is 0 Å². The minimum absolute atomic E-state index is 0. The van der Waals surface area contributed by atoms with Crippen LogP contribution in [-0.4, -0.2) is 75.2 Å². The van der Waals surface area contributed by atoms with Crippen LogP contribution in [-0.2, 0) is 6.54 Å². The van der Waals surface area contributed by atoms with Crippen LogP contribution in [0.4, 0.5) is 8.78 Å². The summed E-state index contributed by atoms with van der Waals surface area (Å²) >= 11 is 0. The second kappa shape index (κ2) is 14.7. The zero-order chi connectivity index (χ0) is 20.2. The van der Waals surface area contributed by atoms with Crippen molar-refractivity contribution in [2.45, 2.75) is 32.9 Å². The lowest BCUT2D eigenvalue weighted by Crippen LogP contribution is -2.44. The number of benzene rings is 1. The van der Waals surface area contributed by atoms with E-state index in [-0.39, 0.29) is 36.3 Å². The maximum Gasteiger partial charge on any atom is 0.387 e. The molecular formula is C20H34F2IN5O. The first-order valence-corrected chi connectivity index (χ1v) is 10.0. The standard InChI is InChI=1S/C20H33F2N5O.HI/c1-3-23-20(24-10-6-7-11-27-14-12-26(2)13-15-27)25-16-17-8-4-5-9-18(17)28-19(21)22;/h4-5,8-9,19H,3,6-7,10-16H2,1-2H3,(H2,23,24,25);1H. The highest BCUT2D eigenvalue weighted by Crippen LogP contribution is 2.20. The number of rotatable bonds is 10. The van der Waals surface area contributed by atoms with Gasteiger partial charge in [-0.15, -0.1) is 24.0 Å². The third kappa shape index (κ3) is 10.4. The number of halogens is 3. The van der Waals surface area contributed by atoms with E-state index < -0.39 is 6.61 Å². The van der Waals surface area contributed by atoms with Gasteiger partial charge < -0.3 is 25.2 Å². The number of para-hydroxylation sites is 1. The van der Waals surface area contributed by atoms with Crippen LogP contribution < -0.4 is 15.4 Å². The number of nitrogens with one attached hydrogen (secondary N) is 2. The Morgan fingerprint density at radius 3 is 2.55 bits per heavy atom. The SMILES string of the molecule is CCNC(=NCc1ccccc1OC(F)F)NCCCCN1CCN(C)CC1.I. The molecule has 0 spiro atoms. The number of ether oxygens (including phenoxy) is 1. The second-order valence-electron chi connectivity index (χ2n) is 6.96. The monoisotopic (exact) mass is 525 g/mol. The van der Waals surface area contributed by atoms with Gasteiger partial charge in [-0.2, -0.15) is 8.78 Å². The summed E-state index contributed by atoms with van der Waals surface area (Å²) in [5.41, 5.74) is 0.634. The molecule has 9 heteroatoms. The Morgan fingerprint density at radius 1 is 1.14 bits per heavy atom. The molecule has 1 aromatic rings. The smallest absolute Gasteiger partial charge is 0.387 e. The van der Waals surface area contributed by atoms with Crippen LogP contribution in [0.1, 0.15) is 25.3 Å². The first-order valence-electron chi connectivity index (χ1n) is 10.0. The summed E-state index contributed by atoms with van der Waals surface area (Å²) in [6, 6.07) is 6.76. The van der Waals surface area contributed by atoms with Gasteiger partial charge >= 0.3 is 6.61 Å². The number of piperazine rings is 1. The topological polar surface area (TPSA) is 52.1 Å². The Kier molecular flexibility index (Phi) is 13.1. The summed E-state index contributed by atoms with van der Waals surface area (Å²) in [6.45, 7) is 6.72. The molecule has 0 unspecified atom stereocenters. The highest BCUT2D eigenvalue weighted by Gasteiger charge is 2.12. The average molecular weight is 525 g/mol. The van der Waals surface area contributed by atoms with Crippen molar-refractivity contribution < 1.29 is 13.5 Å². The summed E-state index contributed by atoms with van der Waals surface area (Å²) in [7, 11) is 2.17. The van der Waals surface area contributed by atoms with Gasteiger partial charge in [0.05, 0.1) is 6.54 Å². The quantitative estimate of drug-likeness (QED) is 0.213. The van der Waals surface area contributed by atoms with Crippen molar-refractivity contribution in [3.05, 3.63) is 29.8 Å². The van der Waals surface area contributed by atoms with E-state index in [0.29, 0.717) is 11.5 Å². The van der Waals surface area contributed by atoms with Crippen LogP contribution in [0.2, 0.25) is 0 Å². The Morgan fingerprint density at radius 2 is 1.86 bits per heavy atom. The fourth-order valence-electron chi connectivity index (χ4n) is 3.09. The van der Waals surface area contributed by atoms with Gasteiger partial charge in [-0.25, -0.2) is 4.99 Å². The fourth-order valence-corrected chi connectivity index (χ4v) is 3.09. The minimum atomic E-state index is -2.84. The van der Waals surface area contributed by atoms with Crippen LogP contribution in [0.3, 0.4) is 0 Å². The summed E-state index contributed by atoms with van der Waals surface area (Å²) in [6.07, 6.45) is 2.20. The molecule has 0 atom stereocenters. The molecule has 0 aliphatic carbocycles. The Labute approximate surface area is 190 Å². The molecule has 0 radical (unpaired) electrons. The summed E-state index contributed by atoms with van der Waals surface area (Å²) in [5.74, 6) is 0.859. The lowest BCUT2D eigenvalue weighted by molar-refractivity contribution is -0.0504. The zero-order valence-electron chi connectivity index (χ0n) is 17.4. The van der Waals surface area contributed by atoms with Crippen molar-refractivity contribution in [2.75, 3.05) is 52.9 Å². The summed E-state index contributed by atoms with van der Waals surface area (Å²) < 4.78 is 29.6. The molecule has 6 nitrogen and oxygen atoms in total. The van der Waals surface area contributed by atoms with Gasteiger partial charge in [-0.05, 0) is 39.4 Å². The first-order chi connectivity index (χ1) is 13.6. The van der Waals surface area contributed by atoms with E-state index in [1.54, 1.807) is 18.2 Å². The molecule has 0 amide bonds. The third-order valence-corrected chi connectivity index (χ3v) is 4.73. The van der Waals surface area contributed by atoms with Crippen LogP contribution in [0, 0.1) is 0 Å². The third-order valence-electron chi connectivity index (χ3n) is 4.73. The van der Waals surface area contributed by atoms with Crippen molar-refractivity contribution >= 4 is 29.9 Å². The predicted octanol–water partition coefficient (Wildman–Crippen LogP) is 2.99. The predicted molar refractivity (Wildman–Crippen MR) is 124 cm³/mol. The largest absolute Gasteiger partial charge is 0.434 e. The molecule has 0 saturated carbocycles. The number of alkyl halides is 2. The number of guanidine groups is 1. The average Bonchev–Trinajstić information content (AvgIpc) is 2.68. The first kappa shape index (κ1) is 25.8. The van der Waals surface area contributed by atoms with E-state index in [4.69, 9.17) is 0 Å². The van der Waals surface area contributed by atoms with Crippen LogP contribution >= 0.6 is 24.0 Å². The van der Waals surface area contributed by atoms with E-state index in [0.717, 1.165) is 58.7 Å². The molecule has 166 valence electrons. The molecule has 2 N–H and O–H groups in total. The highest BCUT2D eigenvalue weighted by molar-refractivity contribution is 14.0. The number of hydrogen-bond donors (Lipinski definition) is 2. The van der Waals surface area contributed by atoms with Gasteiger partial charge in [0.2, 0.25) is 0 Å². The van der Waals surface area contributed by atoms with Gasteiger partial charge in [0, 0.05) is 44.8 Å². The number of hydrogen-bond acceptors (Lipinski definition) is 4. The van der Waals surface area contributed by atoms with Crippen LogP contribution in [0.5, 0.6) is 5.75 Å². The van der Waals surface area contributed by atoms with E-state index in [1.165, 1.54) is 6.07 Å². The minimum Gasteiger partial charge on any atom is -0.434 e. The van der Waals surface area contributed by atoms with E-state index in [2.05, 4.69) is 37.2 Å². The van der Waals surface area contributed by atoms with Crippen LogP contribution in [0.15, 0.2) is 29.3 Å². The lowest BCUT2D eigenvalue weighted by Gasteiger charge is -2.32. The molecule has 29 heavy (non-hydrogen) atoms. The van der Waals surface area contributed by atoms with Gasteiger partial charge in [0.25, 0.3) is 0 Å². The maximum absolute atomic E-state index is 12.5. The molecule has 1 aliphatic heterocycles. The Bertz CT molecular complexity index is 598. The normalized spacial score (nSPS) is 15.8. The van der Waals surface area contributed by atoms with Crippen molar-refractivity contribution in [3.63, 3.8) is 0 Å². The molecule has 2 rings (SSSR count). The molecule has 1 aromatic carbocycles. The number of likely N-dealkylation sites (N-methyl/N-ethyl adjacent to an activating group) is 1. The fraction of sp³-hybridized carbons (Fsp3) is 0.650.